The number of benzene rings is 1. The van der Waals surface area contributed by atoms with Gasteiger partial charge in [0.1, 0.15) is 5.75 Å². The molecule has 0 aliphatic carbocycles. The Balaban J connectivity index is 2.05. The summed E-state index contributed by atoms with van der Waals surface area (Å²) < 4.78 is 5.24. The van der Waals surface area contributed by atoms with Crippen molar-refractivity contribution in [3.63, 3.8) is 0 Å². The Bertz CT molecular complexity index is 609. The molecule has 112 valence electrons. The highest BCUT2D eigenvalue weighted by Gasteiger charge is 2.30. The number of hydrogen-bond acceptors (Lipinski definition) is 4. The van der Waals surface area contributed by atoms with Gasteiger partial charge in [-0.15, -0.1) is 0 Å². The minimum atomic E-state index is -1.14. The number of anilines is 2. The fourth-order valence-corrected chi connectivity index (χ4v) is 1.83. The van der Waals surface area contributed by atoms with Crippen LogP contribution in [0.25, 0.3) is 0 Å². The van der Waals surface area contributed by atoms with Gasteiger partial charge in [0.15, 0.2) is 6.61 Å². The molecule has 0 bridgehead atoms. The summed E-state index contributed by atoms with van der Waals surface area (Å²) in [6.45, 7) is 2.90. The highest BCUT2D eigenvalue weighted by atomic mass is 16.5. The summed E-state index contributed by atoms with van der Waals surface area (Å²) in [5.41, 5.74) is -0.117. The second-order valence-corrected chi connectivity index (χ2v) is 5.46. The molecule has 1 heterocycles. The third kappa shape index (κ3) is 3.50. The molecule has 1 aliphatic heterocycles. The third-order valence-electron chi connectivity index (χ3n) is 3.08. The van der Waals surface area contributed by atoms with Crippen molar-refractivity contribution in [3.8, 4) is 5.75 Å². The molecule has 0 fully saturated rings. The van der Waals surface area contributed by atoms with Crippen LogP contribution in [0.2, 0.25) is 0 Å². The van der Waals surface area contributed by atoms with E-state index in [2.05, 4.69) is 10.6 Å². The molecular formula is C14H16N2O5. The lowest BCUT2D eigenvalue weighted by Crippen LogP contribution is -2.29. The monoisotopic (exact) mass is 292 g/mol. The summed E-state index contributed by atoms with van der Waals surface area (Å²) in [6.07, 6.45) is -0.142. The molecule has 0 aromatic heterocycles. The van der Waals surface area contributed by atoms with Crippen LogP contribution >= 0.6 is 0 Å². The van der Waals surface area contributed by atoms with Gasteiger partial charge in [0, 0.05) is 18.2 Å². The Morgan fingerprint density at radius 1 is 1.43 bits per heavy atom. The molecule has 3 N–H and O–H groups in total. The van der Waals surface area contributed by atoms with Crippen LogP contribution in [0.1, 0.15) is 20.3 Å². The van der Waals surface area contributed by atoms with Crippen molar-refractivity contribution in [2.75, 3.05) is 17.2 Å². The Kier molecular flexibility index (Phi) is 3.84. The average molecular weight is 292 g/mol. The number of aliphatic carboxylic acids is 1. The second-order valence-electron chi connectivity index (χ2n) is 5.46. The highest BCUT2D eigenvalue weighted by molar-refractivity contribution is 5.97. The van der Waals surface area contributed by atoms with Gasteiger partial charge in [-0.25, -0.2) is 0 Å². The second kappa shape index (κ2) is 5.43. The first-order valence-corrected chi connectivity index (χ1v) is 6.38. The SMILES string of the molecule is CC(C)(CC(=O)Nc1ccc2c(c1)OCC(=O)N2)C(=O)O. The fraction of sp³-hybridized carbons (Fsp3) is 0.357. The van der Waals surface area contributed by atoms with Crippen molar-refractivity contribution in [2.45, 2.75) is 20.3 Å². The van der Waals surface area contributed by atoms with Crippen LogP contribution in [0, 0.1) is 5.41 Å². The highest BCUT2D eigenvalue weighted by Crippen LogP contribution is 2.31. The van der Waals surface area contributed by atoms with Crippen molar-refractivity contribution in [1.82, 2.24) is 0 Å². The van der Waals surface area contributed by atoms with E-state index in [4.69, 9.17) is 9.84 Å². The number of carboxylic acid groups (broad SMARTS) is 1. The van der Waals surface area contributed by atoms with E-state index in [0.29, 0.717) is 17.1 Å². The first-order valence-electron chi connectivity index (χ1n) is 6.38. The van der Waals surface area contributed by atoms with Crippen molar-refractivity contribution >= 4 is 29.2 Å². The van der Waals surface area contributed by atoms with Crippen molar-refractivity contribution in [1.29, 1.82) is 0 Å². The van der Waals surface area contributed by atoms with Gasteiger partial charge in [0.25, 0.3) is 5.91 Å². The molecule has 0 radical (unpaired) electrons. The number of carbonyl (C=O) groups is 3. The molecule has 0 atom stereocenters. The molecule has 2 amide bonds. The Morgan fingerprint density at radius 3 is 2.81 bits per heavy atom. The lowest BCUT2D eigenvalue weighted by Gasteiger charge is -2.20. The lowest BCUT2D eigenvalue weighted by atomic mass is 9.89. The van der Waals surface area contributed by atoms with Gasteiger partial charge in [-0.1, -0.05) is 0 Å². The van der Waals surface area contributed by atoms with E-state index in [0.717, 1.165) is 0 Å². The van der Waals surface area contributed by atoms with Gasteiger partial charge in [0.05, 0.1) is 11.1 Å². The molecule has 2 rings (SSSR count). The zero-order valence-electron chi connectivity index (χ0n) is 11.7. The van der Waals surface area contributed by atoms with Crippen molar-refractivity contribution in [2.24, 2.45) is 5.41 Å². The smallest absolute Gasteiger partial charge is 0.309 e. The molecule has 7 nitrogen and oxygen atoms in total. The van der Waals surface area contributed by atoms with Crippen LogP contribution in [-0.2, 0) is 14.4 Å². The maximum Gasteiger partial charge on any atom is 0.309 e. The number of amides is 2. The van der Waals surface area contributed by atoms with E-state index in [9.17, 15) is 14.4 Å². The van der Waals surface area contributed by atoms with Crippen LogP contribution in [0.5, 0.6) is 5.75 Å². The van der Waals surface area contributed by atoms with Crippen LogP contribution in [0.4, 0.5) is 11.4 Å². The number of rotatable bonds is 4. The molecule has 0 saturated heterocycles. The van der Waals surface area contributed by atoms with E-state index in [1.165, 1.54) is 13.8 Å². The van der Waals surface area contributed by atoms with E-state index >= 15 is 0 Å². The van der Waals surface area contributed by atoms with E-state index < -0.39 is 17.3 Å². The van der Waals surface area contributed by atoms with Gasteiger partial charge in [-0.05, 0) is 26.0 Å². The summed E-state index contributed by atoms with van der Waals surface area (Å²) in [7, 11) is 0. The molecule has 1 aromatic carbocycles. The number of fused-ring (bicyclic) bond motifs is 1. The van der Waals surface area contributed by atoms with Gasteiger partial charge in [-0.2, -0.15) is 0 Å². The van der Waals surface area contributed by atoms with Crippen molar-refractivity contribution < 1.29 is 24.2 Å². The Hall–Kier alpha value is -2.57. The normalized spacial score (nSPS) is 13.7. The fourth-order valence-electron chi connectivity index (χ4n) is 1.83. The van der Waals surface area contributed by atoms with Gasteiger partial charge < -0.3 is 20.5 Å². The van der Waals surface area contributed by atoms with Gasteiger partial charge in [-0.3, -0.25) is 14.4 Å². The number of nitrogens with one attached hydrogen (secondary N) is 2. The first-order chi connectivity index (χ1) is 9.78. The molecule has 0 saturated carbocycles. The summed E-state index contributed by atoms with van der Waals surface area (Å²) in [5, 5.41) is 14.3. The molecular weight excluding hydrogens is 276 g/mol. The topological polar surface area (TPSA) is 105 Å². The molecule has 1 aliphatic rings. The van der Waals surface area contributed by atoms with Gasteiger partial charge >= 0.3 is 5.97 Å². The predicted molar refractivity (Wildman–Crippen MR) is 75.2 cm³/mol. The van der Waals surface area contributed by atoms with E-state index in [1.54, 1.807) is 18.2 Å². The summed E-state index contributed by atoms with van der Waals surface area (Å²) in [5.74, 6) is -1.20. The number of hydrogen-bond donors (Lipinski definition) is 3. The summed E-state index contributed by atoms with van der Waals surface area (Å²) >= 11 is 0. The number of carbonyl (C=O) groups excluding carboxylic acids is 2. The van der Waals surface area contributed by atoms with Crippen LogP contribution in [0.3, 0.4) is 0 Å². The first kappa shape index (κ1) is 14.8. The molecule has 0 spiro atoms. The Labute approximate surface area is 121 Å². The maximum absolute atomic E-state index is 11.9. The zero-order chi connectivity index (χ0) is 15.6. The van der Waals surface area contributed by atoms with E-state index in [-0.39, 0.29) is 18.9 Å². The molecule has 0 unspecified atom stereocenters. The number of ether oxygens (including phenoxy) is 1. The van der Waals surface area contributed by atoms with Crippen molar-refractivity contribution in [3.05, 3.63) is 18.2 Å². The minimum absolute atomic E-state index is 0.0730. The third-order valence-corrected chi connectivity index (χ3v) is 3.08. The van der Waals surface area contributed by atoms with Crippen LogP contribution < -0.4 is 15.4 Å². The summed E-state index contributed by atoms with van der Waals surface area (Å²) in [6, 6.07) is 4.81. The molecule has 7 heteroatoms. The predicted octanol–water partition coefficient (Wildman–Crippen LogP) is 1.46. The lowest BCUT2D eigenvalue weighted by molar-refractivity contribution is -0.148. The molecule has 21 heavy (non-hydrogen) atoms. The summed E-state index contributed by atoms with van der Waals surface area (Å²) in [4.78, 5) is 34.0. The number of carboxylic acids is 1. The van der Waals surface area contributed by atoms with Crippen LogP contribution in [0.15, 0.2) is 18.2 Å². The molecule has 1 aromatic rings. The van der Waals surface area contributed by atoms with E-state index in [1.807, 2.05) is 0 Å². The quantitative estimate of drug-likeness (QED) is 0.779. The minimum Gasteiger partial charge on any atom is -0.482 e. The van der Waals surface area contributed by atoms with Gasteiger partial charge in [0.2, 0.25) is 5.91 Å². The van der Waals surface area contributed by atoms with Crippen LogP contribution in [-0.4, -0.2) is 29.5 Å². The maximum atomic E-state index is 11.9. The average Bonchev–Trinajstić information content (AvgIpc) is 2.38. The Morgan fingerprint density at radius 2 is 2.14 bits per heavy atom. The largest absolute Gasteiger partial charge is 0.482 e. The zero-order valence-corrected chi connectivity index (χ0v) is 11.7. The standard InChI is InChI=1S/C14H16N2O5/c1-14(2,13(19)20)6-11(17)15-8-3-4-9-10(5-8)21-7-12(18)16-9/h3-5H,6-7H2,1-2H3,(H,15,17)(H,16,18)(H,19,20).